The number of hydrogen-bond donors (Lipinski definition) is 0. The van der Waals surface area contributed by atoms with Gasteiger partial charge in [0.15, 0.2) is 0 Å². The molecule has 0 aromatic heterocycles. The molecule has 3 heteroatoms. The molecule has 2 aromatic rings. The van der Waals surface area contributed by atoms with Crippen molar-refractivity contribution in [3.63, 3.8) is 0 Å². The van der Waals surface area contributed by atoms with E-state index in [1.807, 2.05) is 31.2 Å². The zero-order valence-corrected chi connectivity index (χ0v) is 11.5. The Morgan fingerprint density at radius 2 is 1.79 bits per heavy atom. The van der Waals surface area contributed by atoms with Crippen molar-refractivity contribution < 1.29 is 9.18 Å². The smallest absolute Gasteiger partial charge is 0.147 e. The molecule has 0 spiro atoms. The summed E-state index contributed by atoms with van der Waals surface area (Å²) in [6, 6.07) is 14.1. The van der Waals surface area contributed by atoms with Crippen molar-refractivity contribution in [2.75, 3.05) is 5.75 Å². The maximum absolute atomic E-state index is 12.7. The molecule has 0 amide bonds. The molecule has 0 aliphatic heterocycles. The van der Waals surface area contributed by atoms with E-state index in [4.69, 9.17) is 0 Å². The maximum atomic E-state index is 12.7. The number of rotatable bonds is 5. The van der Waals surface area contributed by atoms with Crippen molar-refractivity contribution in [1.82, 2.24) is 0 Å². The Hall–Kier alpha value is -1.61. The van der Waals surface area contributed by atoms with Gasteiger partial charge >= 0.3 is 0 Å². The first-order chi connectivity index (χ1) is 9.15. The molecule has 0 radical (unpaired) electrons. The van der Waals surface area contributed by atoms with Crippen LogP contribution in [0.5, 0.6) is 0 Å². The molecule has 19 heavy (non-hydrogen) atoms. The summed E-state index contributed by atoms with van der Waals surface area (Å²) >= 11 is 1.45. The van der Waals surface area contributed by atoms with Gasteiger partial charge in [0, 0.05) is 11.3 Å². The molecule has 0 unspecified atom stereocenters. The van der Waals surface area contributed by atoms with Crippen LogP contribution >= 0.6 is 11.8 Å². The number of ketones is 1. The van der Waals surface area contributed by atoms with E-state index in [9.17, 15) is 9.18 Å². The predicted octanol–water partition coefficient (Wildman–Crippen LogP) is 4.04. The summed E-state index contributed by atoms with van der Waals surface area (Å²) in [6.07, 6.45) is 0.459. The van der Waals surface area contributed by atoms with E-state index < -0.39 is 0 Å². The quantitative estimate of drug-likeness (QED) is 0.765. The molecule has 1 nitrogen and oxygen atoms in total. The second-order valence-corrected chi connectivity index (χ2v) is 5.43. The fraction of sp³-hybridized carbons (Fsp3) is 0.188. The van der Waals surface area contributed by atoms with E-state index in [-0.39, 0.29) is 11.6 Å². The summed E-state index contributed by atoms with van der Waals surface area (Å²) < 4.78 is 12.7. The first-order valence-corrected chi connectivity index (χ1v) is 7.08. The topological polar surface area (TPSA) is 17.1 Å². The van der Waals surface area contributed by atoms with E-state index in [1.54, 1.807) is 12.1 Å². The highest BCUT2D eigenvalue weighted by Gasteiger charge is 2.06. The van der Waals surface area contributed by atoms with E-state index in [2.05, 4.69) is 0 Å². The minimum atomic E-state index is -0.254. The minimum Gasteiger partial charge on any atom is -0.298 e. The largest absolute Gasteiger partial charge is 0.298 e. The fourth-order valence-electron chi connectivity index (χ4n) is 1.77. The number of thioether (sulfide) groups is 1. The lowest BCUT2D eigenvalue weighted by Gasteiger charge is -2.05. The van der Waals surface area contributed by atoms with Gasteiger partial charge in [-0.15, -0.1) is 11.8 Å². The Labute approximate surface area is 116 Å². The Balaban J connectivity index is 1.88. The summed E-state index contributed by atoms with van der Waals surface area (Å²) in [6.45, 7) is 2.01. The first-order valence-electron chi connectivity index (χ1n) is 6.10. The molecule has 2 aromatic carbocycles. The van der Waals surface area contributed by atoms with Crippen LogP contribution in [0.1, 0.15) is 11.1 Å². The van der Waals surface area contributed by atoms with E-state index in [1.165, 1.54) is 23.9 Å². The number of halogens is 1. The highest BCUT2D eigenvalue weighted by molar-refractivity contribution is 8.00. The zero-order chi connectivity index (χ0) is 13.7. The lowest BCUT2D eigenvalue weighted by atomic mass is 10.0. The highest BCUT2D eigenvalue weighted by Crippen LogP contribution is 2.19. The Bertz CT molecular complexity index is 563. The van der Waals surface area contributed by atoms with Crippen molar-refractivity contribution >= 4 is 17.5 Å². The zero-order valence-electron chi connectivity index (χ0n) is 10.7. The average molecular weight is 274 g/mol. The Kier molecular flexibility index (Phi) is 4.74. The number of carbonyl (C=O) groups is 1. The molecule has 0 aliphatic carbocycles. The van der Waals surface area contributed by atoms with Gasteiger partial charge in [-0.05, 0) is 42.3 Å². The molecule has 98 valence electrons. The standard InChI is InChI=1S/C16H15FOS/c1-12-4-2-3-5-13(12)10-15(18)11-19-16-8-6-14(17)7-9-16/h2-9H,10-11H2,1H3. The van der Waals surface area contributed by atoms with E-state index in [0.717, 1.165) is 16.0 Å². The minimum absolute atomic E-state index is 0.184. The Morgan fingerprint density at radius 1 is 1.11 bits per heavy atom. The van der Waals surface area contributed by atoms with Crippen molar-refractivity contribution in [2.24, 2.45) is 0 Å². The number of Topliss-reactive ketones (excluding diaryl/α,β-unsaturated/α-hetero) is 1. The van der Waals surface area contributed by atoms with Crippen LogP contribution in [-0.4, -0.2) is 11.5 Å². The fourth-order valence-corrected chi connectivity index (χ4v) is 2.52. The van der Waals surface area contributed by atoms with Crippen molar-refractivity contribution in [3.8, 4) is 0 Å². The number of carbonyl (C=O) groups excluding carboxylic acids is 1. The van der Waals surface area contributed by atoms with Crippen LogP contribution < -0.4 is 0 Å². The van der Waals surface area contributed by atoms with Crippen LogP contribution in [0.15, 0.2) is 53.4 Å². The summed E-state index contributed by atoms with van der Waals surface area (Å²) in [5, 5.41) is 0. The summed E-state index contributed by atoms with van der Waals surface area (Å²) in [5.74, 6) is 0.346. The molecular formula is C16H15FOS. The van der Waals surface area contributed by atoms with Crippen LogP contribution in [0.2, 0.25) is 0 Å². The van der Waals surface area contributed by atoms with Crippen molar-refractivity contribution in [1.29, 1.82) is 0 Å². The predicted molar refractivity (Wildman–Crippen MR) is 77.0 cm³/mol. The second-order valence-electron chi connectivity index (χ2n) is 4.38. The molecule has 0 atom stereocenters. The monoisotopic (exact) mass is 274 g/mol. The summed E-state index contributed by atoms with van der Waals surface area (Å²) in [4.78, 5) is 12.8. The molecule has 0 N–H and O–H groups in total. The van der Waals surface area contributed by atoms with Gasteiger partial charge in [0.2, 0.25) is 0 Å². The molecule has 0 bridgehead atoms. The third-order valence-electron chi connectivity index (χ3n) is 2.86. The van der Waals surface area contributed by atoms with Crippen LogP contribution in [0.4, 0.5) is 4.39 Å². The second kappa shape index (κ2) is 6.53. The molecule has 0 aliphatic rings. The molecule has 0 heterocycles. The molecule has 2 rings (SSSR count). The maximum Gasteiger partial charge on any atom is 0.147 e. The number of hydrogen-bond acceptors (Lipinski definition) is 2. The normalized spacial score (nSPS) is 10.4. The van der Waals surface area contributed by atoms with Gasteiger partial charge in [-0.2, -0.15) is 0 Å². The van der Waals surface area contributed by atoms with E-state index >= 15 is 0 Å². The molecule has 0 fully saturated rings. The van der Waals surface area contributed by atoms with Crippen LogP contribution in [-0.2, 0) is 11.2 Å². The lowest BCUT2D eigenvalue weighted by Crippen LogP contribution is -2.06. The van der Waals surface area contributed by atoms with Gasteiger partial charge < -0.3 is 0 Å². The van der Waals surface area contributed by atoms with Crippen molar-refractivity contribution in [3.05, 3.63) is 65.5 Å². The van der Waals surface area contributed by atoms with E-state index in [0.29, 0.717) is 12.2 Å². The third kappa shape index (κ3) is 4.21. The van der Waals surface area contributed by atoms with Gasteiger partial charge in [0.1, 0.15) is 11.6 Å². The van der Waals surface area contributed by atoms with Gasteiger partial charge in [0.05, 0.1) is 5.75 Å². The van der Waals surface area contributed by atoms with Crippen LogP contribution in [0, 0.1) is 12.7 Å². The van der Waals surface area contributed by atoms with Gasteiger partial charge in [0.25, 0.3) is 0 Å². The summed E-state index contributed by atoms with van der Waals surface area (Å²) in [7, 11) is 0. The van der Waals surface area contributed by atoms with Crippen molar-refractivity contribution in [2.45, 2.75) is 18.2 Å². The molecule has 0 saturated carbocycles. The first kappa shape index (κ1) is 13.8. The van der Waals surface area contributed by atoms with Crippen LogP contribution in [0.25, 0.3) is 0 Å². The van der Waals surface area contributed by atoms with Gasteiger partial charge in [-0.25, -0.2) is 4.39 Å². The lowest BCUT2D eigenvalue weighted by molar-refractivity contribution is -0.116. The highest BCUT2D eigenvalue weighted by atomic mass is 32.2. The number of aryl methyl sites for hydroxylation is 1. The Morgan fingerprint density at radius 3 is 2.47 bits per heavy atom. The molecular weight excluding hydrogens is 259 g/mol. The SMILES string of the molecule is Cc1ccccc1CC(=O)CSc1ccc(F)cc1. The number of benzene rings is 2. The summed E-state index contributed by atoms with van der Waals surface area (Å²) in [5.41, 5.74) is 2.22. The van der Waals surface area contributed by atoms with Gasteiger partial charge in [-0.1, -0.05) is 24.3 Å². The third-order valence-corrected chi connectivity index (χ3v) is 3.93. The van der Waals surface area contributed by atoms with Gasteiger partial charge in [-0.3, -0.25) is 4.79 Å². The van der Waals surface area contributed by atoms with Crippen LogP contribution in [0.3, 0.4) is 0 Å². The molecule has 0 saturated heterocycles. The average Bonchev–Trinajstić information content (AvgIpc) is 2.41.